The average Bonchev–Trinajstić information content (AvgIpc) is 3.33. The van der Waals surface area contributed by atoms with Crippen LogP contribution in [0.3, 0.4) is 0 Å². The summed E-state index contributed by atoms with van der Waals surface area (Å²) in [4.78, 5) is 43.8. The van der Waals surface area contributed by atoms with Gasteiger partial charge in [-0.05, 0) is 55.3 Å². The largest absolute Gasteiger partial charge is 0.480 e. The number of carboxylic acids is 1. The standard InChI is InChI=1S/C31H30N4O4/c1-19-12-20(2)14-23(13-19)30(37)35(3)28(15-21-8-10-22(17-32)11-9-21)29(36)34-27(31(38)39)16-24-18-33-26-7-5-4-6-25(24)26/h4-14,18,27-28,33H,15-16H2,1-3H3,(H,34,36)(H,38,39)/t27-,28+/m0/s1. The van der Waals surface area contributed by atoms with Gasteiger partial charge in [-0.25, -0.2) is 4.79 Å². The molecule has 1 heterocycles. The second-order valence-electron chi connectivity index (χ2n) is 9.78. The molecule has 39 heavy (non-hydrogen) atoms. The van der Waals surface area contributed by atoms with E-state index in [-0.39, 0.29) is 18.7 Å². The maximum atomic E-state index is 13.7. The Morgan fingerprint density at radius 1 is 1.00 bits per heavy atom. The fourth-order valence-corrected chi connectivity index (χ4v) is 4.78. The van der Waals surface area contributed by atoms with Crippen molar-refractivity contribution in [2.45, 2.75) is 38.8 Å². The summed E-state index contributed by atoms with van der Waals surface area (Å²) in [5.41, 5.74) is 5.14. The molecule has 0 aliphatic carbocycles. The summed E-state index contributed by atoms with van der Waals surface area (Å²) in [5.74, 6) is -2.10. The first-order chi connectivity index (χ1) is 18.7. The molecule has 3 N–H and O–H groups in total. The molecule has 8 nitrogen and oxygen atoms in total. The Kier molecular flexibility index (Phi) is 8.11. The van der Waals surface area contributed by atoms with E-state index in [2.05, 4.69) is 16.4 Å². The van der Waals surface area contributed by atoms with Crippen molar-refractivity contribution in [3.63, 3.8) is 0 Å². The molecule has 0 bridgehead atoms. The third-order valence-corrected chi connectivity index (χ3v) is 6.78. The lowest BCUT2D eigenvalue weighted by Crippen LogP contribution is -2.53. The highest BCUT2D eigenvalue weighted by Crippen LogP contribution is 2.20. The number of para-hydroxylation sites is 1. The molecule has 1 aromatic heterocycles. The SMILES string of the molecule is Cc1cc(C)cc(C(=O)N(C)[C@H](Cc2ccc(C#N)cc2)C(=O)N[C@@H](Cc2c[nH]c3ccccc23)C(=O)O)c1. The number of rotatable bonds is 9. The smallest absolute Gasteiger partial charge is 0.326 e. The topological polar surface area (TPSA) is 126 Å². The molecule has 2 amide bonds. The number of hydrogen-bond donors (Lipinski definition) is 3. The van der Waals surface area contributed by atoms with Gasteiger partial charge in [0.15, 0.2) is 0 Å². The fraction of sp³-hybridized carbons (Fsp3) is 0.226. The maximum absolute atomic E-state index is 13.7. The Bertz CT molecular complexity index is 1550. The molecular weight excluding hydrogens is 492 g/mol. The van der Waals surface area contributed by atoms with Crippen molar-refractivity contribution in [3.8, 4) is 6.07 Å². The van der Waals surface area contributed by atoms with Crippen molar-refractivity contribution in [3.05, 3.63) is 106 Å². The van der Waals surface area contributed by atoms with Crippen LogP contribution in [0.2, 0.25) is 0 Å². The van der Waals surface area contributed by atoms with Crippen LogP contribution in [0.1, 0.15) is 38.2 Å². The molecule has 3 aromatic carbocycles. The van der Waals surface area contributed by atoms with Gasteiger partial charge in [0.1, 0.15) is 12.1 Å². The summed E-state index contributed by atoms with van der Waals surface area (Å²) in [6, 6.07) is 19.7. The van der Waals surface area contributed by atoms with Crippen molar-refractivity contribution in [2.24, 2.45) is 0 Å². The molecule has 0 aliphatic heterocycles. The van der Waals surface area contributed by atoms with E-state index in [4.69, 9.17) is 5.26 Å². The van der Waals surface area contributed by atoms with E-state index < -0.39 is 24.0 Å². The number of fused-ring (bicyclic) bond motifs is 1. The predicted octanol–water partition coefficient (Wildman–Crippen LogP) is 4.15. The molecule has 2 atom stereocenters. The summed E-state index contributed by atoms with van der Waals surface area (Å²) in [5, 5.41) is 22.7. The normalized spacial score (nSPS) is 12.4. The van der Waals surface area contributed by atoms with Crippen molar-refractivity contribution < 1.29 is 19.5 Å². The van der Waals surface area contributed by atoms with E-state index in [1.807, 2.05) is 44.2 Å². The summed E-state index contributed by atoms with van der Waals surface area (Å²) in [6.07, 6.45) is 1.96. The second-order valence-corrected chi connectivity index (χ2v) is 9.78. The van der Waals surface area contributed by atoms with Gasteiger partial charge in [-0.3, -0.25) is 9.59 Å². The number of amides is 2. The van der Waals surface area contributed by atoms with Crippen molar-refractivity contribution in [1.29, 1.82) is 5.26 Å². The highest BCUT2D eigenvalue weighted by Gasteiger charge is 2.31. The average molecular weight is 523 g/mol. The first kappa shape index (κ1) is 27.1. The molecule has 8 heteroatoms. The van der Waals surface area contributed by atoms with E-state index in [0.29, 0.717) is 11.1 Å². The first-order valence-corrected chi connectivity index (χ1v) is 12.6. The zero-order valence-corrected chi connectivity index (χ0v) is 22.1. The molecule has 4 aromatic rings. The van der Waals surface area contributed by atoms with E-state index in [9.17, 15) is 19.5 Å². The minimum Gasteiger partial charge on any atom is -0.480 e. The Morgan fingerprint density at radius 3 is 2.31 bits per heavy atom. The number of H-pyrrole nitrogens is 1. The number of aromatic nitrogens is 1. The summed E-state index contributed by atoms with van der Waals surface area (Å²) in [7, 11) is 1.54. The van der Waals surface area contributed by atoms with E-state index in [1.54, 1.807) is 49.6 Å². The van der Waals surface area contributed by atoms with Crippen LogP contribution in [0.15, 0.2) is 72.9 Å². The van der Waals surface area contributed by atoms with Crippen LogP contribution in [0.25, 0.3) is 10.9 Å². The molecule has 0 fully saturated rings. The molecule has 4 rings (SSSR count). The lowest BCUT2D eigenvalue weighted by atomic mass is 10.00. The van der Waals surface area contributed by atoms with Gasteiger partial charge in [0.05, 0.1) is 11.6 Å². The number of nitrogens with zero attached hydrogens (tertiary/aromatic N) is 2. The number of nitrogens with one attached hydrogen (secondary N) is 2. The van der Waals surface area contributed by atoms with E-state index in [1.165, 1.54) is 4.90 Å². The molecule has 0 saturated carbocycles. The second kappa shape index (κ2) is 11.7. The summed E-state index contributed by atoms with van der Waals surface area (Å²) in [6.45, 7) is 3.79. The third kappa shape index (κ3) is 6.33. The summed E-state index contributed by atoms with van der Waals surface area (Å²) >= 11 is 0. The molecule has 0 spiro atoms. The number of likely N-dealkylation sites (N-methyl/N-ethyl adjacent to an activating group) is 1. The molecule has 0 saturated heterocycles. The summed E-state index contributed by atoms with van der Waals surface area (Å²) < 4.78 is 0. The first-order valence-electron chi connectivity index (χ1n) is 12.6. The van der Waals surface area contributed by atoms with Crippen molar-refractivity contribution in [2.75, 3.05) is 7.05 Å². The van der Waals surface area contributed by atoms with Gasteiger partial charge in [0.25, 0.3) is 5.91 Å². The number of carboxylic acid groups (broad SMARTS) is 1. The van der Waals surface area contributed by atoms with Crippen molar-refractivity contribution >= 4 is 28.7 Å². The van der Waals surface area contributed by atoms with E-state index >= 15 is 0 Å². The Labute approximate surface area is 226 Å². The molecular formula is C31H30N4O4. The monoisotopic (exact) mass is 522 g/mol. The van der Waals surface area contributed by atoms with Crippen molar-refractivity contribution in [1.82, 2.24) is 15.2 Å². The maximum Gasteiger partial charge on any atom is 0.326 e. The van der Waals surface area contributed by atoms with Crippen LogP contribution < -0.4 is 5.32 Å². The van der Waals surface area contributed by atoms with Gasteiger partial charge in [-0.15, -0.1) is 0 Å². The lowest BCUT2D eigenvalue weighted by Gasteiger charge is -2.29. The molecule has 0 unspecified atom stereocenters. The zero-order chi connectivity index (χ0) is 28.1. The fourth-order valence-electron chi connectivity index (χ4n) is 4.78. The van der Waals surface area contributed by atoms with Gasteiger partial charge in [0.2, 0.25) is 5.91 Å². The minimum absolute atomic E-state index is 0.0728. The highest BCUT2D eigenvalue weighted by atomic mass is 16.4. The number of benzene rings is 3. The zero-order valence-electron chi connectivity index (χ0n) is 22.1. The van der Waals surface area contributed by atoms with E-state index in [0.717, 1.165) is 33.2 Å². The highest BCUT2D eigenvalue weighted by molar-refractivity contribution is 5.98. The van der Waals surface area contributed by atoms with Gasteiger partial charge < -0.3 is 20.3 Å². The number of aryl methyl sites for hydroxylation is 2. The molecule has 0 radical (unpaired) electrons. The van der Waals surface area contributed by atoms with Crippen LogP contribution in [0.4, 0.5) is 0 Å². The molecule has 198 valence electrons. The van der Waals surface area contributed by atoms with Crippen LogP contribution in [-0.4, -0.2) is 51.9 Å². The van der Waals surface area contributed by atoms with Crippen LogP contribution in [0, 0.1) is 25.2 Å². The molecule has 0 aliphatic rings. The van der Waals surface area contributed by atoms with Gasteiger partial charge in [0, 0.05) is 42.6 Å². The van der Waals surface area contributed by atoms with Gasteiger partial charge in [-0.1, -0.05) is 47.5 Å². The van der Waals surface area contributed by atoms with Crippen LogP contribution in [-0.2, 0) is 22.4 Å². The predicted molar refractivity (Wildman–Crippen MR) is 148 cm³/mol. The number of nitriles is 1. The lowest BCUT2D eigenvalue weighted by molar-refractivity contribution is -0.142. The Morgan fingerprint density at radius 2 is 1.67 bits per heavy atom. The van der Waals surface area contributed by atoms with Crippen LogP contribution >= 0.6 is 0 Å². The minimum atomic E-state index is -1.20. The number of hydrogen-bond acceptors (Lipinski definition) is 4. The third-order valence-electron chi connectivity index (χ3n) is 6.78. The number of carbonyl (C=O) groups is 3. The number of carbonyl (C=O) groups excluding carboxylic acids is 2. The quantitative estimate of drug-likeness (QED) is 0.304. The van der Waals surface area contributed by atoms with Gasteiger partial charge >= 0.3 is 5.97 Å². The Hall–Kier alpha value is -4.90. The number of aromatic amines is 1. The van der Waals surface area contributed by atoms with Gasteiger partial charge in [-0.2, -0.15) is 5.26 Å². The van der Waals surface area contributed by atoms with Crippen LogP contribution in [0.5, 0.6) is 0 Å². The number of aliphatic carboxylic acids is 1. The Balaban J connectivity index is 1.62.